The number of carbonyl (C=O) groups excluding carboxylic acids is 2. The van der Waals surface area contributed by atoms with Crippen molar-refractivity contribution in [2.45, 2.75) is 155 Å². The number of carbonyl (C=O) groups is 2. The molecular weight excluding hydrogens is 496 g/mol. The summed E-state index contributed by atoms with van der Waals surface area (Å²) in [5.41, 5.74) is 1.43. The Kier molecular flexibility index (Phi) is 10.4. The predicted molar refractivity (Wildman–Crippen MR) is 165 cm³/mol. The predicted octanol–water partition coefficient (Wildman–Crippen LogP) is 9.85. The molecule has 0 bridgehead atoms. The number of allylic oxidation sites excluding steroid dienone is 1. The summed E-state index contributed by atoms with van der Waals surface area (Å²) >= 11 is 0. The normalized spacial score (nSPS) is 33.0. The first-order chi connectivity index (χ1) is 18.4. The minimum absolute atomic E-state index is 0.0536. The molecule has 3 fully saturated rings. The summed E-state index contributed by atoms with van der Waals surface area (Å²) in [6, 6.07) is 0. The van der Waals surface area contributed by atoms with Gasteiger partial charge in [0.05, 0.1) is 0 Å². The minimum Gasteiger partial charge on any atom is -0.417 e. The Morgan fingerprint density at radius 2 is 1.54 bits per heavy atom. The first-order valence-corrected chi connectivity index (χ1v) is 19.8. The number of rotatable bonds is 13. The lowest BCUT2D eigenvalue weighted by Crippen LogP contribution is -2.50. The first kappa shape index (κ1) is 31.2. The molecule has 222 valence electrons. The molecule has 0 aliphatic heterocycles. The fraction of sp³-hybridized carbons (Fsp3) is 0.886. The van der Waals surface area contributed by atoms with Crippen molar-refractivity contribution in [2.75, 3.05) is 6.61 Å². The van der Waals surface area contributed by atoms with Crippen LogP contribution in [0.1, 0.15) is 137 Å². The monoisotopic (exact) mass is 556 g/mol. The van der Waals surface area contributed by atoms with Gasteiger partial charge in [-0.05, 0) is 98.7 Å². The van der Waals surface area contributed by atoms with Gasteiger partial charge in [0.15, 0.2) is 14.1 Å². The average Bonchev–Trinajstić information content (AvgIpc) is 3.17. The summed E-state index contributed by atoms with van der Waals surface area (Å²) in [7, 11) is -1.58. The second-order valence-electron chi connectivity index (χ2n) is 15.6. The van der Waals surface area contributed by atoms with Gasteiger partial charge >= 0.3 is 0 Å². The topological polar surface area (TPSA) is 43.4 Å². The van der Waals surface area contributed by atoms with Crippen molar-refractivity contribution in [1.29, 1.82) is 0 Å². The summed E-state index contributed by atoms with van der Waals surface area (Å²) in [6.45, 7) is 14.9. The lowest BCUT2D eigenvalue weighted by atomic mass is 9.49. The third-order valence-corrected chi connectivity index (χ3v) is 16.7. The van der Waals surface area contributed by atoms with Crippen molar-refractivity contribution in [1.82, 2.24) is 0 Å². The minimum atomic E-state index is -1.58. The number of hydrogen-bond donors (Lipinski definition) is 0. The van der Waals surface area contributed by atoms with Crippen molar-refractivity contribution in [3.05, 3.63) is 11.6 Å². The number of hydrogen-bond acceptors (Lipinski definition) is 3. The summed E-state index contributed by atoms with van der Waals surface area (Å²) in [5, 5.41) is 0.312. The van der Waals surface area contributed by atoms with E-state index in [1.165, 1.54) is 76.2 Å². The van der Waals surface area contributed by atoms with Gasteiger partial charge in [0, 0.05) is 24.9 Å². The van der Waals surface area contributed by atoms with Crippen LogP contribution in [-0.4, -0.2) is 26.5 Å². The highest BCUT2D eigenvalue weighted by atomic mass is 28.4. The molecule has 4 rings (SSSR count). The van der Waals surface area contributed by atoms with Crippen molar-refractivity contribution >= 4 is 19.9 Å². The maximum absolute atomic E-state index is 12.9. The average molecular weight is 557 g/mol. The third kappa shape index (κ3) is 7.19. The molecule has 4 aliphatic carbocycles. The molecule has 0 aromatic carbocycles. The highest BCUT2D eigenvalue weighted by molar-refractivity contribution is 6.74. The van der Waals surface area contributed by atoms with Gasteiger partial charge in [-0.3, -0.25) is 9.59 Å². The molecule has 0 radical (unpaired) electrons. The molecule has 0 heterocycles. The fourth-order valence-electron chi connectivity index (χ4n) is 8.74. The Morgan fingerprint density at radius 3 is 2.21 bits per heavy atom. The maximum atomic E-state index is 12.9. The zero-order valence-electron chi connectivity index (χ0n) is 26.4. The highest BCUT2D eigenvalue weighted by Crippen LogP contribution is 2.62. The molecule has 0 N–H and O–H groups in total. The van der Waals surface area contributed by atoms with E-state index in [-0.39, 0.29) is 5.41 Å². The molecule has 0 aromatic heterocycles. The van der Waals surface area contributed by atoms with E-state index in [1.807, 2.05) is 6.08 Å². The molecule has 3 nitrogen and oxygen atoms in total. The van der Waals surface area contributed by atoms with Crippen molar-refractivity contribution in [3.8, 4) is 0 Å². The van der Waals surface area contributed by atoms with Crippen LogP contribution in [0, 0.1) is 35.0 Å². The zero-order chi connectivity index (χ0) is 28.3. The van der Waals surface area contributed by atoms with Crippen LogP contribution in [0.15, 0.2) is 11.6 Å². The molecular formula is C35H60O3Si. The summed E-state index contributed by atoms with van der Waals surface area (Å²) in [6.07, 6.45) is 22.5. The third-order valence-electron chi connectivity index (χ3n) is 12.2. The quantitative estimate of drug-likeness (QED) is 0.167. The standard InChI is InChI=1S/C35H60O3Si/c1-34(2,3)39(5,6)38-23-15-13-11-9-7-8-10-12-14-16-26-24-27-25-28(36)17-18-29(27)30-21-22-35(4)31(33(26)30)19-20-32(35)37/h25-26,29-31,33H,7-24H2,1-6H3/t26?,29-,30+,31-,33+,35-/m0/s1. The van der Waals surface area contributed by atoms with Crippen molar-refractivity contribution < 1.29 is 14.0 Å². The molecule has 0 aromatic rings. The van der Waals surface area contributed by atoms with Crippen LogP contribution in [0.4, 0.5) is 0 Å². The largest absolute Gasteiger partial charge is 0.417 e. The number of fused-ring (bicyclic) bond motifs is 5. The van der Waals surface area contributed by atoms with E-state index in [0.29, 0.717) is 40.3 Å². The second kappa shape index (κ2) is 13.1. The van der Waals surface area contributed by atoms with E-state index >= 15 is 0 Å². The summed E-state index contributed by atoms with van der Waals surface area (Å²) in [4.78, 5) is 25.2. The molecule has 4 heteroatoms. The lowest BCUT2D eigenvalue weighted by Gasteiger charge is -2.55. The van der Waals surface area contributed by atoms with Gasteiger partial charge in [-0.1, -0.05) is 84.6 Å². The Bertz CT molecular complexity index is 883. The van der Waals surface area contributed by atoms with Crippen molar-refractivity contribution in [3.63, 3.8) is 0 Å². The van der Waals surface area contributed by atoms with Crippen LogP contribution in [0.5, 0.6) is 0 Å². The smallest absolute Gasteiger partial charge is 0.191 e. The maximum Gasteiger partial charge on any atom is 0.191 e. The van der Waals surface area contributed by atoms with Crippen LogP contribution in [-0.2, 0) is 14.0 Å². The van der Waals surface area contributed by atoms with E-state index in [4.69, 9.17) is 4.43 Å². The van der Waals surface area contributed by atoms with Gasteiger partial charge < -0.3 is 4.43 Å². The molecule has 4 aliphatic rings. The van der Waals surface area contributed by atoms with Crippen LogP contribution >= 0.6 is 0 Å². The summed E-state index contributed by atoms with van der Waals surface area (Å²) < 4.78 is 6.32. The van der Waals surface area contributed by atoms with E-state index in [1.54, 1.807) is 0 Å². The molecule has 1 unspecified atom stereocenters. The Labute approximate surface area is 241 Å². The first-order valence-electron chi connectivity index (χ1n) is 16.8. The lowest BCUT2D eigenvalue weighted by molar-refractivity contribution is -0.132. The number of Topliss-reactive ketones (excluding diaryl/α,β-unsaturated/α-hetero) is 1. The molecule has 6 atom stereocenters. The summed E-state index contributed by atoms with van der Waals surface area (Å²) in [5.74, 6) is 4.26. The Balaban J connectivity index is 1.15. The highest BCUT2D eigenvalue weighted by Gasteiger charge is 2.58. The van der Waals surface area contributed by atoms with Gasteiger partial charge in [0.25, 0.3) is 0 Å². The van der Waals surface area contributed by atoms with Gasteiger partial charge in [-0.15, -0.1) is 0 Å². The molecule has 3 saturated carbocycles. The van der Waals surface area contributed by atoms with E-state index in [2.05, 4.69) is 40.8 Å². The van der Waals surface area contributed by atoms with Gasteiger partial charge in [-0.2, -0.15) is 0 Å². The molecule has 39 heavy (non-hydrogen) atoms. The van der Waals surface area contributed by atoms with E-state index in [9.17, 15) is 9.59 Å². The Morgan fingerprint density at radius 1 is 0.897 bits per heavy atom. The van der Waals surface area contributed by atoms with E-state index < -0.39 is 8.32 Å². The van der Waals surface area contributed by atoms with E-state index in [0.717, 1.165) is 51.0 Å². The fourth-order valence-corrected chi connectivity index (χ4v) is 9.82. The number of ketones is 2. The van der Waals surface area contributed by atoms with Gasteiger partial charge in [0.1, 0.15) is 5.78 Å². The molecule has 0 spiro atoms. The van der Waals surface area contributed by atoms with Crippen LogP contribution < -0.4 is 0 Å². The van der Waals surface area contributed by atoms with Gasteiger partial charge in [0.2, 0.25) is 0 Å². The number of unbranched alkanes of at least 4 members (excludes halogenated alkanes) is 8. The van der Waals surface area contributed by atoms with Crippen molar-refractivity contribution in [2.24, 2.45) is 35.0 Å². The molecule has 0 amide bonds. The van der Waals surface area contributed by atoms with Crippen LogP contribution in [0.3, 0.4) is 0 Å². The SMILES string of the molecule is CC(C)(C)[Si](C)(C)OCCCCCCCCCCCC1CC2=CC(=O)CC[C@@H]2[C@H]2CC[C@]3(C)C(=O)CC[C@H]3[C@H]12. The van der Waals surface area contributed by atoms with Crippen LogP contribution in [0.25, 0.3) is 0 Å². The van der Waals surface area contributed by atoms with Gasteiger partial charge in [-0.25, -0.2) is 0 Å². The molecule has 0 saturated heterocycles. The van der Waals surface area contributed by atoms with Crippen LogP contribution in [0.2, 0.25) is 18.1 Å². The second-order valence-corrected chi connectivity index (χ2v) is 20.4. The Hall–Kier alpha value is -0.743. The zero-order valence-corrected chi connectivity index (χ0v) is 27.4.